The molecule has 1 rings (SSSR count). The van der Waals surface area contributed by atoms with Crippen LogP contribution in [0.2, 0.25) is 0 Å². The second kappa shape index (κ2) is 1.99. The molecule has 1 aliphatic rings. The molecule has 1 fully saturated rings. The van der Waals surface area contributed by atoms with Crippen molar-refractivity contribution >= 4 is 18.1 Å². The van der Waals surface area contributed by atoms with Crippen molar-refractivity contribution in [2.24, 2.45) is 0 Å². The Morgan fingerprint density at radius 2 is 2.50 bits per heavy atom. The fourth-order valence-corrected chi connectivity index (χ4v) is 1.76. The number of hydrogen-bond acceptors (Lipinski definition) is 2. The van der Waals surface area contributed by atoms with Crippen LogP contribution < -0.4 is 0 Å². The monoisotopic (exact) mass is 155 g/mol. The normalized spacial score (nSPS) is 40.8. The Morgan fingerprint density at radius 1 is 1.88 bits per heavy atom. The van der Waals surface area contributed by atoms with Gasteiger partial charge in [-0.3, -0.25) is 4.57 Å². The average Bonchev–Trinajstić information content (AvgIpc) is 1.86. The fraction of sp³-hybridized carbons (Fsp3) is 1.00. The fourth-order valence-electron chi connectivity index (χ4n) is 0.504. The molecular formula is C3H7ClNO2P. The van der Waals surface area contributed by atoms with Gasteiger partial charge in [-0.1, -0.05) is 0 Å². The third kappa shape index (κ3) is 1.06. The molecule has 8 heavy (non-hydrogen) atoms. The molecule has 0 bridgehead atoms. The van der Waals surface area contributed by atoms with Gasteiger partial charge in [0.1, 0.15) is 0 Å². The molecule has 0 aromatic carbocycles. The molecule has 3 nitrogen and oxygen atoms in total. The summed E-state index contributed by atoms with van der Waals surface area (Å²) in [5.41, 5.74) is 0. The van der Waals surface area contributed by atoms with Crippen LogP contribution in [0.3, 0.4) is 0 Å². The molecule has 48 valence electrons. The number of nitrogens with zero attached hydrogens (tertiary/aromatic N) is 1. The van der Waals surface area contributed by atoms with Crippen molar-refractivity contribution < 1.29 is 9.09 Å². The Balaban J connectivity index is 2.69. The van der Waals surface area contributed by atoms with Crippen LogP contribution in [0.25, 0.3) is 0 Å². The van der Waals surface area contributed by atoms with E-state index in [1.54, 1.807) is 7.05 Å². The number of rotatable bonds is 0. The van der Waals surface area contributed by atoms with E-state index < -0.39 is 6.87 Å². The highest BCUT2D eigenvalue weighted by molar-refractivity contribution is 7.83. The molecule has 1 aliphatic heterocycles. The smallest absolute Gasteiger partial charge is 0.305 e. The van der Waals surface area contributed by atoms with Gasteiger partial charge in [-0.05, 0) is 18.3 Å². The standard InChI is InChI=1S/C3H7ClNO2P/c1-5-2-3-7-8(5,4)6/h2-3H2,1H3. The second-order valence-electron chi connectivity index (χ2n) is 1.67. The minimum atomic E-state index is -2.83. The third-order valence-electron chi connectivity index (χ3n) is 1.07. The van der Waals surface area contributed by atoms with Gasteiger partial charge in [0.05, 0.1) is 6.61 Å². The molecule has 1 unspecified atom stereocenters. The highest BCUT2D eigenvalue weighted by Crippen LogP contribution is 2.57. The molecule has 5 heteroatoms. The Hall–Kier alpha value is 0.440. The topological polar surface area (TPSA) is 29.5 Å². The molecule has 0 radical (unpaired) electrons. The molecule has 0 aromatic rings. The van der Waals surface area contributed by atoms with Crippen LogP contribution in [0.15, 0.2) is 0 Å². The molecule has 0 N–H and O–H groups in total. The van der Waals surface area contributed by atoms with Crippen LogP contribution in [0.5, 0.6) is 0 Å². The van der Waals surface area contributed by atoms with Crippen LogP contribution in [-0.4, -0.2) is 24.9 Å². The third-order valence-corrected chi connectivity index (χ3v) is 3.66. The van der Waals surface area contributed by atoms with Crippen molar-refractivity contribution in [2.75, 3.05) is 20.2 Å². The van der Waals surface area contributed by atoms with E-state index in [1.807, 2.05) is 0 Å². The molecule has 0 spiro atoms. The molecule has 0 aliphatic carbocycles. The van der Waals surface area contributed by atoms with Gasteiger partial charge in [-0.2, -0.15) is 0 Å². The van der Waals surface area contributed by atoms with Gasteiger partial charge in [0.25, 0.3) is 0 Å². The number of hydrogen-bond donors (Lipinski definition) is 0. The van der Waals surface area contributed by atoms with Crippen molar-refractivity contribution in [3.8, 4) is 0 Å². The van der Waals surface area contributed by atoms with Crippen LogP contribution in [0, 0.1) is 0 Å². The summed E-state index contributed by atoms with van der Waals surface area (Å²) in [5.74, 6) is 0. The van der Waals surface area contributed by atoms with Crippen LogP contribution >= 0.6 is 18.1 Å². The van der Waals surface area contributed by atoms with E-state index in [0.29, 0.717) is 13.2 Å². The minimum absolute atomic E-state index is 0.483. The zero-order chi connectivity index (χ0) is 6.20. The van der Waals surface area contributed by atoms with E-state index >= 15 is 0 Å². The van der Waals surface area contributed by atoms with E-state index in [9.17, 15) is 4.57 Å². The van der Waals surface area contributed by atoms with Crippen LogP contribution in [-0.2, 0) is 9.09 Å². The summed E-state index contributed by atoms with van der Waals surface area (Å²) in [6.07, 6.45) is 0. The maximum Gasteiger partial charge on any atom is 0.362 e. The molecule has 0 aromatic heterocycles. The SMILES string of the molecule is CN1CCOP1(=O)Cl. The Kier molecular flexibility index (Phi) is 1.63. The summed E-state index contributed by atoms with van der Waals surface area (Å²) < 4.78 is 17.0. The van der Waals surface area contributed by atoms with E-state index in [0.717, 1.165) is 0 Å². The van der Waals surface area contributed by atoms with E-state index in [2.05, 4.69) is 0 Å². The summed E-state index contributed by atoms with van der Waals surface area (Å²) in [5, 5.41) is 0. The largest absolute Gasteiger partial charge is 0.362 e. The first kappa shape index (κ1) is 6.56. The first-order chi connectivity index (χ1) is 3.63. The second-order valence-corrected chi connectivity index (χ2v) is 4.79. The van der Waals surface area contributed by atoms with Crippen molar-refractivity contribution in [2.45, 2.75) is 0 Å². The predicted molar refractivity (Wildman–Crippen MR) is 32.0 cm³/mol. The van der Waals surface area contributed by atoms with Crippen LogP contribution in [0.4, 0.5) is 0 Å². The lowest BCUT2D eigenvalue weighted by Crippen LogP contribution is -2.06. The Morgan fingerprint density at radius 3 is 2.62 bits per heavy atom. The Labute approximate surface area is 52.9 Å². The lowest BCUT2D eigenvalue weighted by atomic mass is 10.7. The maximum absolute atomic E-state index is 10.8. The highest BCUT2D eigenvalue weighted by atomic mass is 35.7. The summed E-state index contributed by atoms with van der Waals surface area (Å²) >= 11 is 5.38. The predicted octanol–water partition coefficient (Wildman–Crippen LogP) is 1.30. The average molecular weight is 156 g/mol. The molecule has 1 heterocycles. The van der Waals surface area contributed by atoms with Gasteiger partial charge in [0.2, 0.25) is 0 Å². The van der Waals surface area contributed by atoms with Gasteiger partial charge < -0.3 is 4.52 Å². The van der Waals surface area contributed by atoms with Gasteiger partial charge in [-0.25, -0.2) is 4.67 Å². The van der Waals surface area contributed by atoms with Crippen molar-refractivity contribution in [1.82, 2.24) is 4.67 Å². The minimum Gasteiger partial charge on any atom is -0.305 e. The first-order valence-corrected chi connectivity index (χ1v) is 4.77. The molecule has 0 saturated carbocycles. The number of halogens is 1. The highest BCUT2D eigenvalue weighted by Gasteiger charge is 2.31. The number of likely N-dealkylation sites (N-methyl/N-ethyl adjacent to an activating group) is 1. The maximum atomic E-state index is 10.8. The quantitative estimate of drug-likeness (QED) is 0.494. The van der Waals surface area contributed by atoms with Gasteiger partial charge in [-0.15, -0.1) is 0 Å². The summed E-state index contributed by atoms with van der Waals surface area (Å²) in [6.45, 7) is -1.68. The molecule has 1 atom stereocenters. The molecule has 0 amide bonds. The summed E-state index contributed by atoms with van der Waals surface area (Å²) in [6, 6.07) is 0. The van der Waals surface area contributed by atoms with E-state index in [1.165, 1.54) is 4.67 Å². The van der Waals surface area contributed by atoms with Crippen molar-refractivity contribution in [3.63, 3.8) is 0 Å². The zero-order valence-electron chi connectivity index (χ0n) is 4.50. The van der Waals surface area contributed by atoms with Crippen LogP contribution in [0.1, 0.15) is 0 Å². The van der Waals surface area contributed by atoms with E-state index in [-0.39, 0.29) is 0 Å². The van der Waals surface area contributed by atoms with Gasteiger partial charge in [0.15, 0.2) is 0 Å². The van der Waals surface area contributed by atoms with Gasteiger partial charge in [0, 0.05) is 6.54 Å². The summed E-state index contributed by atoms with van der Waals surface area (Å²) in [4.78, 5) is 0. The van der Waals surface area contributed by atoms with E-state index in [4.69, 9.17) is 15.8 Å². The lowest BCUT2D eigenvalue weighted by Gasteiger charge is -2.07. The van der Waals surface area contributed by atoms with Crippen molar-refractivity contribution in [1.29, 1.82) is 0 Å². The van der Waals surface area contributed by atoms with Crippen molar-refractivity contribution in [3.05, 3.63) is 0 Å². The molecular weight excluding hydrogens is 148 g/mol. The molecule has 1 saturated heterocycles. The first-order valence-electron chi connectivity index (χ1n) is 2.29. The van der Waals surface area contributed by atoms with Gasteiger partial charge >= 0.3 is 6.87 Å². The lowest BCUT2D eigenvalue weighted by molar-refractivity contribution is 0.369. The Bertz CT molecular complexity index is 139. The zero-order valence-corrected chi connectivity index (χ0v) is 6.15. The summed E-state index contributed by atoms with van der Waals surface area (Å²) in [7, 11) is 1.68.